The quantitative estimate of drug-likeness (QED) is 0.656. The first-order chi connectivity index (χ1) is 10.1. The second-order valence-electron chi connectivity index (χ2n) is 5.33. The average molecular weight is 349 g/mol. The lowest BCUT2D eigenvalue weighted by molar-refractivity contribution is 0.216. The summed E-state index contributed by atoms with van der Waals surface area (Å²) in [7, 11) is 0. The summed E-state index contributed by atoms with van der Waals surface area (Å²) in [5.41, 5.74) is 2.45. The third kappa shape index (κ3) is 4.78. The van der Waals surface area contributed by atoms with Crippen LogP contribution in [0.25, 0.3) is 0 Å². The smallest absolute Gasteiger partial charge is 0.122 e. The summed E-state index contributed by atoms with van der Waals surface area (Å²) in [6, 6.07) is 14.2. The molecule has 21 heavy (non-hydrogen) atoms. The Morgan fingerprint density at radius 1 is 0.952 bits per heavy atom. The summed E-state index contributed by atoms with van der Waals surface area (Å²) in [4.78, 5) is 0. The maximum absolute atomic E-state index is 5.84. The summed E-state index contributed by atoms with van der Waals surface area (Å²) < 4.78 is 12.5. The normalized spacial score (nSPS) is 10.7. The molecule has 0 heterocycles. The first kappa shape index (κ1) is 15.9. The highest BCUT2D eigenvalue weighted by Gasteiger charge is 2.05. The second kappa shape index (κ2) is 7.51. The molecule has 0 fully saturated rings. The second-order valence-corrected chi connectivity index (χ2v) is 6.25. The summed E-state index contributed by atoms with van der Waals surface area (Å²) in [6.07, 6.45) is 0. The van der Waals surface area contributed by atoms with Gasteiger partial charge in [-0.05, 0) is 54.3 Å². The Bertz CT molecular complexity index is 576. The predicted octanol–water partition coefficient (Wildman–Crippen LogP) is 5.34. The highest BCUT2D eigenvalue weighted by atomic mass is 79.9. The fourth-order valence-electron chi connectivity index (χ4n) is 1.97. The number of aryl methyl sites for hydroxylation is 1. The number of ether oxygens (including phenoxy) is 2. The molecule has 0 radical (unpaired) electrons. The van der Waals surface area contributed by atoms with Crippen LogP contribution in [0.1, 0.15) is 30.9 Å². The van der Waals surface area contributed by atoms with Gasteiger partial charge in [-0.2, -0.15) is 0 Å². The zero-order valence-corrected chi connectivity index (χ0v) is 14.3. The van der Waals surface area contributed by atoms with Crippen molar-refractivity contribution in [2.24, 2.45) is 0 Å². The van der Waals surface area contributed by atoms with Gasteiger partial charge in [-0.15, -0.1) is 0 Å². The molecule has 2 aromatic carbocycles. The molecule has 0 amide bonds. The molecule has 2 rings (SSSR count). The number of hydrogen-bond donors (Lipinski definition) is 0. The number of benzene rings is 2. The van der Waals surface area contributed by atoms with Crippen molar-refractivity contribution in [2.75, 3.05) is 13.2 Å². The van der Waals surface area contributed by atoms with Gasteiger partial charge in [0.15, 0.2) is 0 Å². The van der Waals surface area contributed by atoms with Crippen molar-refractivity contribution in [3.8, 4) is 11.5 Å². The molecule has 0 aliphatic heterocycles. The van der Waals surface area contributed by atoms with E-state index in [1.165, 1.54) is 5.56 Å². The molecule has 0 aromatic heterocycles. The summed E-state index contributed by atoms with van der Waals surface area (Å²) >= 11 is 3.40. The Hall–Kier alpha value is -1.48. The van der Waals surface area contributed by atoms with E-state index in [9.17, 15) is 0 Å². The van der Waals surface area contributed by atoms with Gasteiger partial charge in [-0.25, -0.2) is 0 Å². The largest absolute Gasteiger partial charge is 0.490 e. The molecule has 0 atom stereocenters. The Morgan fingerprint density at radius 3 is 2.29 bits per heavy atom. The summed E-state index contributed by atoms with van der Waals surface area (Å²) in [5.74, 6) is 2.31. The van der Waals surface area contributed by atoms with Crippen LogP contribution in [-0.4, -0.2) is 13.2 Å². The third-order valence-electron chi connectivity index (χ3n) is 3.30. The molecular weight excluding hydrogens is 328 g/mol. The van der Waals surface area contributed by atoms with Gasteiger partial charge < -0.3 is 9.47 Å². The van der Waals surface area contributed by atoms with E-state index < -0.39 is 0 Å². The van der Waals surface area contributed by atoms with Crippen LogP contribution in [-0.2, 0) is 0 Å². The molecule has 0 N–H and O–H groups in total. The lowest BCUT2D eigenvalue weighted by atomic mass is 10.0. The molecule has 0 aliphatic carbocycles. The van der Waals surface area contributed by atoms with Gasteiger partial charge >= 0.3 is 0 Å². The topological polar surface area (TPSA) is 18.5 Å². The van der Waals surface area contributed by atoms with Crippen LogP contribution in [0.4, 0.5) is 0 Å². The van der Waals surface area contributed by atoms with E-state index in [4.69, 9.17) is 9.47 Å². The average Bonchev–Trinajstić information content (AvgIpc) is 2.47. The van der Waals surface area contributed by atoms with Gasteiger partial charge in [-0.3, -0.25) is 0 Å². The van der Waals surface area contributed by atoms with E-state index in [2.05, 4.69) is 54.9 Å². The van der Waals surface area contributed by atoms with E-state index in [1.807, 2.05) is 24.3 Å². The van der Waals surface area contributed by atoms with Crippen LogP contribution in [0.15, 0.2) is 46.9 Å². The molecule has 0 unspecified atom stereocenters. The molecule has 0 spiro atoms. The molecule has 0 saturated heterocycles. The Balaban J connectivity index is 1.85. The molecule has 3 heteroatoms. The third-order valence-corrected chi connectivity index (χ3v) is 3.83. The predicted molar refractivity (Wildman–Crippen MR) is 90.4 cm³/mol. The lowest BCUT2D eigenvalue weighted by Gasteiger charge is -2.13. The van der Waals surface area contributed by atoms with Gasteiger partial charge in [0.25, 0.3) is 0 Å². The molecule has 0 aliphatic rings. The van der Waals surface area contributed by atoms with Crippen molar-refractivity contribution in [2.45, 2.75) is 26.7 Å². The van der Waals surface area contributed by atoms with Crippen LogP contribution >= 0.6 is 15.9 Å². The van der Waals surface area contributed by atoms with Crippen molar-refractivity contribution in [3.63, 3.8) is 0 Å². The summed E-state index contributed by atoms with van der Waals surface area (Å²) in [6.45, 7) is 7.51. The van der Waals surface area contributed by atoms with Crippen LogP contribution in [0, 0.1) is 6.92 Å². The molecule has 112 valence electrons. The first-order valence-electron chi connectivity index (χ1n) is 7.18. The van der Waals surface area contributed by atoms with Crippen molar-refractivity contribution >= 4 is 15.9 Å². The first-order valence-corrected chi connectivity index (χ1v) is 7.97. The molecular formula is C18H21BrO2. The van der Waals surface area contributed by atoms with Gasteiger partial charge in [0, 0.05) is 4.47 Å². The van der Waals surface area contributed by atoms with E-state index in [1.54, 1.807) is 0 Å². The minimum atomic E-state index is 0.506. The standard InChI is InChI=1S/C18H21BrO2/c1-13(2)15-5-4-14(3)18(12-15)21-11-10-20-17-8-6-16(19)7-9-17/h4-9,12-13H,10-11H2,1-3H3. The van der Waals surface area contributed by atoms with Gasteiger partial charge in [0.05, 0.1) is 0 Å². The number of rotatable bonds is 6. The molecule has 2 nitrogen and oxygen atoms in total. The highest BCUT2D eigenvalue weighted by Crippen LogP contribution is 2.24. The minimum Gasteiger partial charge on any atom is -0.490 e. The van der Waals surface area contributed by atoms with Crippen LogP contribution in [0.5, 0.6) is 11.5 Å². The van der Waals surface area contributed by atoms with Crippen LogP contribution in [0.2, 0.25) is 0 Å². The molecule has 0 bridgehead atoms. The Labute approximate surface area is 135 Å². The monoisotopic (exact) mass is 348 g/mol. The van der Waals surface area contributed by atoms with Crippen molar-refractivity contribution in [3.05, 3.63) is 58.1 Å². The van der Waals surface area contributed by atoms with Crippen molar-refractivity contribution in [1.82, 2.24) is 0 Å². The SMILES string of the molecule is Cc1ccc(C(C)C)cc1OCCOc1ccc(Br)cc1. The molecule has 2 aromatic rings. The molecule has 0 saturated carbocycles. The Morgan fingerprint density at radius 2 is 1.62 bits per heavy atom. The zero-order chi connectivity index (χ0) is 15.2. The number of halogens is 1. The van der Waals surface area contributed by atoms with E-state index in [0.29, 0.717) is 19.1 Å². The van der Waals surface area contributed by atoms with Crippen molar-refractivity contribution in [1.29, 1.82) is 0 Å². The minimum absolute atomic E-state index is 0.506. The summed E-state index contributed by atoms with van der Waals surface area (Å²) in [5, 5.41) is 0. The van der Waals surface area contributed by atoms with E-state index >= 15 is 0 Å². The fourth-order valence-corrected chi connectivity index (χ4v) is 2.24. The van der Waals surface area contributed by atoms with Crippen LogP contribution < -0.4 is 9.47 Å². The van der Waals surface area contributed by atoms with Gasteiger partial charge in [0.1, 0.15) is 24.7 Å². The maximum atomic E-state index is 5.84. The van der Waals surface area contributed by atoms with Crippen LogP contribution in [0.3, 0.4) is 0 Å². The maximum Gasteiger partial charge on any atom is 0.122 e. The number of hydrogen-bond acceptors (Lipinski definition) is 2. The highest BCUT2D eigenvalue weighted by molar-refractivity contribution is 9.10. The fraction of sp³-hybridized carbons (Fsp3) is 0.333. The van der Waals surface area contributed by atoms with Gasteiger partial charge in [0.2, 0.25) is 0 Å². The Kier molecular flexibility index (Phi) is 5.68. The van der Waals surface area contributed by atoms with Gasteiger partial charge in [-0.1, -0.05) is 41.9 Å². The van der Waals surface area contributed by atoms with E-state index in [0.717, 1.165) is 21.5 Å². The lowest BCUT2D eigenvalue weighted by Crippen LogP contribution is -2.09. The van der Waals surface area contributed by atoms with Crippen molar-refractivity contribution < 1.29 is 9.47 Å². The zero-order valence-electron chi connectivity index (χ0n) is 12.7. The van der Waals surface area contributed by atoms with E-state index in [-0.39, 0.29) is 0 Å².